The maximum absolute atomic E-state index is 5.60. The summed E-state index contributed by atoms with van der Waals surface area (Å²) in [5, 5.41) is 3.44. The lowest BCUT2D eigenvalue weighted by Gasteiger charge is -2.38. The highest BCUT2D eigenvalue weighted by atomic mass is 16.5. The van der Waals surface area contributed by atoms with Gasteiger partial charge in [-0.2, -0.15) is 0 Å². The van der Waals surface area contributed by atoms with E-state index in [0.717, 1.165) is 49.1 Å². The molecule has 1 aromatic heterocycles. The molecule has 0 bridgehead atoms. The van der Waals surface area contributed by atoms with Crippen LogP contribution in [0.5, 0.6) is 11.6 Å². The zero-order valence-electron chi connectivity index (χ0n) is 17.8. The molecule has 1 saturated heterocycles. The van der Waals surface area contributed by atoms with E-state index in [1.54, 1.807) is 7.11 Å². The number of guanidine groups is 1. The highest BCUT2D eigenvalue weighted by Crippen LogP contribution is 2.28. The lowest BCUT2D eigenvalue weighted by Crippen LogP contribution is -2.52. The number of ether oxygens (including phenoxy) is 2. The molecule has 0 amide bonds. The molecule has 0 radical (unpaired) electrons. The molecule has 3 rings (SSSR count). The van der Waals surface area contributed by atoms with Gasteiger partial charge in [-0.05, 0) is 31.5 Å². The van der Waals surface area contributed by atoms with Crippen molar-refractivity contribution in [2.75, 3.05) is 45.2 Å². The Bertz CT molecular complexity index is 799. The monoisotopic (exact) mass is 397 g/mol. The number of aliphatic imine (C=N–C) groups is 1. The summed E-state index contributed by atoms with van der Waals surface area (Å²) >= 11 is 0. The molecule has 1 aliphatic heterocycles. The van der Waals surface area contributed by atoms with Gasteiger partial charge in [-0.25, -0.2) is 4.98 Å². The molecule has 1 fully saturated rings. The van der Waals surface area contributed by atoms with E-state index in [1.807, 2.05) is 51.4 Å². The lowest BCUT2D eigenvalue weighted by atomic mass is 10.2. The molecule has 0 atom stereocenters. The van der Waals surface area contributed by atoms with E-state index in [9.17, 15) is 0 Å². The molecule has 0 saturated carbocycles. The molecule has 0 aliphatic carbocycles. The average Bonchev–Trinajstić information content (AvgIpc) is 2.75. The highest BCUT2D eigenvalue weighted by Gasteiger charge is 2.21. The highest BCUT2D eigenvalue weighted by molar-refractivity contribution is 5.80. The first kappa shape index (κ1) is 20.8. The molecule has 0 unspecified atom stereocenters. The quantitative estimate of drug-likeness (QED) is 0.597. The van der Waals surface area contributed by atoms with Gasteiger partial charge in [0.25, 0.3) is 0 Å². The molecule has 1 N–H and O–H groups in total. The van der Waals surface area contributed by atoms with Gasteiger partial charge in [0.15, 0.2) is 5.96 Å². The first-order valence-corrected chi connectivity index (χ1v) is 10.1. The van der Waals surface area contributed by atoms with Gasteiger partial charge in [-0.3, -0.25) is 4.99 Å². The summed E-state index contributed by atoms with van der Waals surface area (Å²) in [4.78, 5) is 13.5. The first-order chi connectivity index (χ1) is 14.1. The molecule has 2 heterocycles. The minimum atomic E-state index is 0.125. The van der Waals surface area contributed by atoms with E-state index >= 15 is 0 Å². The summed E-state index contributed by atoms with van der Waals surface area (Å²) in [6.45, 7) is 8.31. The smallest absolute Gasteiger partial charge is 0.213 e. The third kappa shape index (κ3) is 5.53. The summed E-state index contributed by atoms with van der Waals surface area (Å²) < 4.78 is 11.1. The average molecular weight is 398 g/mol. The van der Waals surface area contributed by atoms with Crippen molar-refractivity contribution in [3.05, 3.63) is 48.2 Å². The van der Waals surface area contributed by atoms with Crippen molar-refractivity contribution in [2.45, 2.75) is 26.5 Å². The first-order valence-electron chi connectivity index (χ1n) is 10.1. The number of methoxy groups -OCH3 is 1. The number of nitrogens with zero attached hydrogens (tertiary/aromatic N) is 4. The van der Waals surface area contributed by atoms with Crippen LogP contribution in [0.15, 0.2) is 47.6 Å². The van der Waals surface area contributed by atoms with Crippen molar-refractivity contribution < 1.29 is 9.47 Å². The zero-order valence-corrected chi connectivity index (χ0v) is 17.8. The molecule has 1 aromatic carbocycles. The number of anilines is 1. The number of nitrogens with one attached hydrogen (secondary N) is 1. The molecule has 7 nitrogen and oxygen atoms in total. The van der Waals surface area contributed by atoms with Gasteiger partial charge in [-0.15, -0.1) is 0 Å². The molecule has 1 aliphatic rings. The van der Waals surface area contributed by atoms with Crippen molar-refractivity contribution in [3.8, 4) is 11.6 Å². The van der Waals surface area contributed by atoms with Gasteiger partial charge in [0.1, 0.15) is 5.75 Å². The van der Waals surface area contributed by atoms with Crippen LogP contribution in [0.25, 0.3) is 0 Å². The van der Waals surface area contributed by atoms with Crippen molar-refractivity contribution in [2.24, 2.45) is 4.99 Å². The summed E-state index contributed by atoms with van der Waals surface area (Å²) in [6, 6.07) is 12.1. The maximum Gasteiger partial charge on any atom is 0.213 e. The summed E-state index contributed by atoms with van der Waals surface area (Å²) in [6.07, 6.45) is 1.97. The van der Waals surface area contributed by atoms with Crippen LogP contribution in [0.2, 0.25) is 0 Å². The van der Waals surface area contributed by atoms with Crippen LogP contribution in [0.3, 0.4) is 0 Å². The molecular formula is C22H31N5O2. The Morgan fingerprint density at radius 2 is 1.90 bits per heavy atom. The number of aromatic nitrogens is 1. The molecular weight excluding hydrogens is 366 g/mol. The SMILES string of the molecule is CN=C(NCc1ccc(OC(C)C)nc1)N1CCN(c2ccccc2OC)CC1. The van der Waals surface area contributed by atoms with Crippen LogP contribution in [0, 0.1) is 0 Å². The minimum absolute atomic E-state index is 0.125. The Labute approximate surface area is 173 Å². The van der Waals surface area contributed by atoms with Crippen molar-refractivity contribution >= 4 is 11.6 Å². The van der Waals surface area contributed by atoms with Crippen molar-refractivity contribution in [1.82, 2.24) is 15.2 Å². The lowest BCUT2D eigenvalue weighted by molar-refractivity contribution is 0.232. The van der Waals surface area contributed by atoms with Crippen LogP contribution in [0.4, 0.5) is 5.69 Å². The number of benzene rings is 1. The zero-order chi connectivity index (χ0) is 20.6. The Morgan fingerprint density at radius 3 is 2.52 bits per heavy atom. The topological polar surface area (TPSA) is 62.2 Å². The Kier molecular flexibility index (Phi) is 7.16. The van der Waals surface area contributed by atoms with Gasteiger partial charge >= 0.3 is 0 Å². The Morgan fingerprint density at radius 1 is 1.14 bits per heavy atom. The molecule has 2 aromatic rings. The Balaban J connectivity index is 1.53. The number of pyridine rings is 1. The second-order valence-electron chi connectivity index (χ2n) is 7.22. The van der Waals surface area contributed by atoms with Crippen molar-refractivity contribution in [1.29, 1.82) is 0 Å². The fourth-order valence-corrected chi connectivity index (χ4v) is 3.39. The number of hydrogen-bond donors (Lipinski definition) is 1. The van der Waals surface area contributed by atoms with E-state index in [1.165, 1.54) is 0 Å². The standard InChI is InChI=1S/C22H31N5O2/c1-17(2)29-21-10-9-18(15-24-21)16-25-22(23-3)27-13-11-26(12-14-27)19-7-5-6-8-20(19)28-4/h5-10,15,17H,11-14,16H2,1-4H3,(H,23,25). The molecule has 7 heteroatoms. The normalized spacial score (nSPS) is 14.9. The largest absolute Gasteiger partial charge is 0.495 e. The van der Waals surface area contributed by atoms with E-state index in [4.69, 9.17) is 9.47 Å². The summed E-state index contributed by atoms with van der Waals surface area (Å²) in [5.41, 5.74) is 2.24. The third-order valence-corrected chi connectivity index (χ3v) is 4.82. The van der Waals surface area contributed by atoms with E-state index in [2.05, 4.69) is 37.2 Å². The van der Waals surface area contributed by atoms with Gasteiger partial charge < -0.3 is 24.6 Å². The van der Waals surface area contributed by atoms with E-state index in [0.29, 0.717) is 12.4 Å². The van der Waals surface area contributed by atoms with Gasteiger partial charge in [0.05, 0.1) is 18.9 Å². The third-order valence-electron chi connectivity index (χ3n) is 4.82. The van der Waals surface area contributed by atoms with Gasteiger partial charge in [0, 0.05) is 52.0 Å². The second kappa shape index (κ2) is 10.0. The number of rotatable bonds is 6. The van der Waals surface area contributed by atoms with Crippen molar-refractivity contribution in [3.63, 3.8) is 0 Å². The van der Waals surface area contributed by atoms with Crippen LogP contribution >= 0.6 is 0 Å². The van der Waals surface area contributed by atoms with Crippen LogP contribution in [0.1, 0.15) is 19.4 Å². The maximum atomic E-state index is 5.60. The fourth-order valence-electron chi connectivity index (χ4n) is 3.39. The van der Waals surface area contributed by atoms with Crippen LogP contribution in [-0.2, 0) is 6.54 Å². The van der Waals surface area contributed by atoms with Gasteiger partial charge in [-0.1, -0.05) is 18.2 Å². The Hall–Kier alpha value is -2.96. The van der Waals surface area contributed by atoms with Crippen LogP contribution < -0.4 is 19.7 Å². The van der Waals surface area contributed by atoms with E-state index in [-0.39, 0.29) is 6.10 Å². The predicted molar refractivity (Wildman–Crippen MR) is 117 cm³/mol. The number of piperazine rings is 1. The number of para-hydroxylation sites is 2. The molecule has 29 heavy (non-hydrogen) atoms. The fraction of sp³-hybridized carbons (Fsp3) is 0.455. The van der Waals surface area contributed by atoms with E-state index < -0.39 is 0 Å². The summed E-state index contributed by atoms with van der Waals surface area (Å²) in [5.74, 6) is 2.48. The van der Waals surface area contributed by atoms with Crippen LogP contribution in [-0.4, -0.2) is 62.3 Å². The second-order valence-corrected chi connectivity index (χ2v) is 7.22. The number of hydrogen-bond acceptors (Lipinski definition) is 5. The van der Waals surface area contributed by atoms with Gasteiger partial charge in [0.2, 0.25) is 5.88 Å². The minimum Gasteiger partial charge on any atom is -0.495 e. The predicted octanol–water partition coefficient (Wildman–Crippen LogP) is 2.78. The summed E-state index contributed by atoms with van der Waals surface area (Å²) in [7, 11) is 3.55. The molecule has 0 spiro atoms. The molecule has 156 valence electrons.